The average Bonchev–Trinajstić information content (AvgIpc) is 2.59. The van der Waals surface area contributed by atoms with Gasteiger partial charge >= 0.3 is 11.9 Å². The molecule has 0 spiro atoms. The lowest BCUT2D eigenvalue weighted by atomic mass is 9.83. The Morgan fingerprint density at radius 3 is 2.00 bits per heavy atom. The van der Waals surface area contributed by atoms with Crippen molar-refractivity contribution in [2.75, 3.05) is 7.11 Å². The molecule has 0 aliphatic heterocycles. The number of ether oxygens (including phenoxy) is 3. The zero-order chi connectivity index (χ0) is 21.0. The molecule has 0 bridgehead atoms. The van der Waals surface area contributed by atoms with Gasteiger partial charge < -0.3 is 19.0 Å². The molecular weight excluding hydrogens is 348 g/mol. The van der Waals surface area contributed by atoms with Gasteiger partial charge in [0.05, 0.1) is 12.0 Å². The van der Waals surface area contributed by atoms with Crippen LogP contribution in [-0.4, -0.2) is 43.6 Å². The van der Waals surface area contributed by atoms with Crippen LogP contribution in [0.15, 0.2) is 12.2 Å². The summed E-state index contributed by atoms with van der Waals surface area (Å²) in [4.78, 5) is 34.6. The zero-order valence-corrected chi connectivity index (χ0v) is 17.8. The van der Waals surface area contributed by atoms with Gasteiger partial charge in [0.15, 0.2) is 0 Å². The van der Waals surface area contributed by atoms with Crippen molar-refractivity contribution in [2.24, 2.45) is 17.8 Å². The lowest BCUT2D eigenvalue weighted by molar-refractivity contribution is -0.161. The molecule has 0 rings (SSSR count). The number of carbonyl (C=O) groups excluding carboxylic acids is 3. The summed E-state index contributed by atoms with van der Waals surface area (Å²) in [5.41, 5.74) is 0. The maximum absolute atomic E-state index is 11.7. The van der Waals surface area contributed by atoms with Crippen LogP contribution in [-0.2, 0) is 28.6 Å². The van der Waals surface area contributed by atoms with Crippen LogP contribution in [0.2, 0.25) is 0 Å². The van der Waals surface area contributed by atoms with Crippen molar-refractivity contribution >= 4 is 18.2 Å². The van der Waals surface area contributed by atoms with Crippen molar-refractivity contribution in [3.63, 3.8) is 0 Å². The molecule has 0 aliphatic rings. The van der Waals surface area contributed by atoms with E-state index in [0.29, 0.717) is 6.42 Å². The van der Waals surface area contributed by atoms with Crippen molar-refractivity contribution in [3.05, 3.63) is 12.2 Å². The highest BCUT2D eigenvalue weighted by molar-refractivity contribution is 5.67. The first-order chi connectivity index (χ1) is 12.7. The van der Waals surface area contributed by atoms with E-state index >= 15 is 0 Å². The first-order valence-electron chi connectivity index (χ1n) is 9.65. The highest BCUT2D eigenvalue weighted by Crippen LogP contribution is 2.29. The Hall–Kier alpha value is -1.69. The van der Waals surface area contributed by atoms with Crippen LogP contribution in [0.25, 0.3) is 0 Å². The summed E-state index contributed by atoms with van der Waals surface area (Å²) in [5, 5.41) is 0. The molecule has 6 heteroatoms. The predicted molar refractivity (Wildman–Crippen MR) is 104 cm³/mol. The molecule has 0 saturated heterocycles. The van der Waals surface area contributed by atoms with Crippen LogP contribution in [0.1, 0.15) is 60.8 Å². The van der Waals surface area contributed by atoms with Crippen molar-refractivity contribution in [3.8, 4) is 0 Å². The minimum absolute atomic E-state index is 0.138. The van der Waals surface area contributed by atoms with Gasteiger partial charge in [-0.2, -0.15) is 0 Å². The molecule has 0 unspecified atom stereocenters. The molecule has 0 amide bonds. The molecule has 0 aromatic rings. The van der Waals surface area contributed by atoms with Gasteiger partial charge in [0.2, 0.25) is 0 Å². The van der Waals surface area contributed by atoms with Crippen molar-refractivity contribution in [2.45, 2.75) is 79.1 Å². The van der Waals surface area contributed by atoms with Crippen molar-refractivity contribution < 1.29 is 28.6 Å². The molecule has 0 saturated carbocycles. The van der Waals surface area contributed by atoms with Crippen molar-refractivity contribution in [1.82, 2.24) is 0 Å². The van der Waals surface area contributed by atoms with E-state index in [-0.39, 0.29) is 24.4 Å². The summed E-state index contributed by atoms with van der Waals surface area (Å²) in [5.74, 6) is -1.25. The van der Waals surface area contributed by atoms with E-state index in [9.17, 15) is 14.4 Å². The topological polar surface area (TPSA) is 78.9 Å². The van der Waals surface area contributed by atoms with Gasteiger partial charge in [-0.25, -0.2) is 0 Å². The number of rotatable bonds is 13. The minimum Gasteiger partial charge on any atom is -0.462 e. The number of methoxy groups -OCH3 is 1. The Kier molecular flexibility index (Phi) is 12.6. The molecule has 0 radical (unpaired) electrons. The summed E-state index contributed by atoms with van der Waals surface area (Å²) in [6.45, 7) is 10.5. The molecule has 6 nitrogen and oxygen atoms in total. The summed E-state index contributed by atoms with van der Waals surface area (Å²) in [6.07, 6.45) is 5.17. The van der Waals surface area contributed by atoms with E-state index in [2.05, 4.69) is 13.0 Å². The molecule has 27 heavy (non-hydrogen) atoms. The Morgan fingerprint density at radius 1 is 1.04 bits per heavy atom. The van der Waals surface area contributed by atoms with Crippen LogP contribution >= 0.6 is 0 Å². The molecule has 0 aromatic heterocycles. The van der Waals surface area contributed by atoms with E-state index in [1.807, 2.05) is 26.8 Å². The van der Waals surface area contributed by atoms with E-state index < -0.39 is 30.1 Å². The van der Waals surface area contributed by atoms with Crippen LogP contribution in [0.3, 0.4) is 0 Å². The molecule has 156 valence electrons. The SMILES string of the molecule is C/C=C/C[C@H](C)[C@@H](OC)[C@@H](C)[C@@H](C[C@@H](OC(C)=O)[C@@H](C=O)CC)OC(C)=O. The van der Waals surface area contributed by atoms with Crippen LogP contribution < -0.4 is 0 Å². The normalized spacial score (nSPS) is 18.2. The summed E-state index contributed by atoms with van der Waals surface area (Å²) < 4.78 is 16.6. The number of carbonyl (C=O) groups is 3. The second-order valence-electron chi connectivity index (χ2n) is 7.08. The van der Waals surface area contributed by atoms with E-state index in [1.165, 1.54) is 13.8 Å². The smallest absolute Gasteiger partial charge is 0.302 e. The fourth-order valence-corrected chi connectivity index (χ4v) is 3.44. The number of allylic oxidation sites excluding steroid dienone is 2. The first kappa shape index (κ1) is 25.3. The van der Waals surface area contributed by atoms with Gasteiger partial charge in [0, 0.05) is 33.3 Å². The third-order valence-electron chi connectivity index (χ3n) is 4.90. The third kappa shape index (κ3) is 9.18. The molecule has 0 fully saturated rings. The second-order valence-corrected chi connectivity index (χ2v) is 7.08. The molecular formula is C21H36O6. The van der Waals surface area contributed by atoms with E-state index in [0.717, 1.165) is 12.7 Å². The molecule has 0 heterocycles. The lowest BCUT2D eigenvalue weighted by Gasteiger charge is -2.35. The van der Waals surface area contributed by atoms with Crippen LogP contribution in [0.5, 0.6) is 0 Å². The zero-order valence-electron chi connectivity index (χ0n) is 17.8. The minimum atomic E-state index is -0.639. The quantitative estimate of drug-likeness (QED) is 0.274. The highest BCUT2D eigenvalue weighted by Gasteiger charge is 2.36. The van der Waals surface area contributed by atoms with Gasteiger partial charge in [0.1, 0.15) is 18.5 Å². The summed E-state index contributed by atoms with van der Waals surface area (Å²) in [6, 6.07) is 0. The van der Waals surface area contributed by atoms with Crippen LogP contribution in [0.4, 0.5) is 0 Å². The first-order valence-corrected chi connectivity index (χ1v) is 9.65. The average molecular weight is 385 g/mol. The molecule has 0 aliphatic carbocycles. The number of hydrogen-bond acceptors (Lipinski definition) is 6. The Labute approximate surface area is 163 Å². The Balaban J connectivity index is 5.54. The van der Waals surface area contributed by atoms with Gasteiger partial charge in [-0.15, -0.1) is 0 Å². The number of hydrogen-bond donors (Lipinski definition) is 0. The number of esters is 2. The summed E-state index contributed by atoms with van der Waals surface area (Å²) in [7, 11) is 1.64. The van der Waals surface area contributed by atoms with Gasteiger partial charge in [0.25, 0.3) is 0 Å². The predicted octanol–water partition coefficient (Wildman–Crippen LogP) is 3.72. The van der Waals surface area contributed by atoms with Crippen LogP contribution in [0, 0.1) is 17.8 Å². The highest BCUT2D eigenvalue weighted by atomic mass is 16.6. The number of aldehydes is 1. The van der Waals surface area contributed by atoms with Crippen molar-refractivity contribution in [1.29, 1.82) is 0 Å². The van der Waals surface area contributed by atoms with Gasteiger partial charge in [-0.1, -0.05) is 32.9 Å². The largest absolute Gasteiger partial charge is 0.462 e. The fourth-order valence-electron chi connectivity index (χ4n) is 3.44. The maximum atomic E-state index is 11.7. The van der Waals surface area contributed by atoms with Gasteiger partial charge in [-0.05, 0) is 25.7 Å². The Morgan fingerprint density at radius 2 is 1.59 bits per heavy atom. The monoisotopic (exact) mass is 384 g/mol. The Bertz CT molecular complexity index is 487. The van der Waals surface area contributed by atoms with Gasteiger partial charge in [-0.3, -0.25) is 9.59 Å². The van der Waals surface area contributed by atoms with E-state index in [1.54, 1.807) is 7.11 Å². The third-order valence-corrected chi connectivity index (χ3v) is 4.90. The second kappa shape index (κ2) is 13.5. The summed E-state index contributed by atoms with van der Waals surface area (Å²) >= 11 is 0. The standard InChI is InChI=1S/C21H36O6/c1-8-10-11-14(3)21(25-7)15(4)19(26-16(5)23)12-20(27-17(6)24)18(9-2)13-22/h8,10,13-15,18-21H,9,11-12H2,1-7H3/b10-8+/t14-,15-,18+,19+,20+,21+/m0/s1. The van der Waals surface area contributed by atoms with E-state index in [4.69, 9.17) is 14.2 Å². The molecule has 6 atom stereocenters. The molecule has 0 N–H and O–H groups in total. The lowest BCUT2D eigenvalue weighted by Crippen LogP contribution is -2.41. The maximum Gasteiger partial charge on any atom is 0.302 e. The fraction of sp³-hybridized carbons (Fsp3) is 0.762. The molecule has 0 aromatic carbocycles.